The van der Waals surface area contributed by atoms with Gasteiger partial charge in [0.05, 0.1) is 19.0 Å². The summed E-state index contributed by atoms with van der Waals surface area (Å²) in [5, 5.41) is 11.6. The molecule has 0 bridgehead atoms. The summed E-state index contributed by atoms with van der Waals surface area (Å²) in [5.41, 5.74) is 1.87. The molecule has 96 valence electrons. The molecule has 1 N–H and O–H groups in total. The van der Waals surface area contributed by atoms with Gasteiger partial charge >= 0.3 is 0 Å². The summed E-state index contributed by atoms with van der Waals surface area (Å²) >= 11 is 0. The highest BCUT2D eigenvalue weighted by Gasteiger charge is 2.10. The maximum absolute atomic E-state index is 11.7. The number of anilines is 1. The van der Waals surface area contributed by atoms with Crippen molar-refractivity contribution < 1.29 is 4.79 Å². The first kappa shape index (κ1) is 14.0. The molecule has 0 atom stereocenters. The summed E-state index contributed by atoms with van der Waals surface area (Å²) < 4.78 is 0. The van der Waals surface area contributed by atoms with Gasteiger partial charge in [0.15, 0.2) is 0 Å². The minimum absolute atomic E-state index is 0.0612. The van der Waals surface area contributed by atoms with Crippen LogP contribution in [0, 0.1) is 11.3 Å². The van der Waals surface area contributed by atoms with Crippen molar-refractivity contribution in [2.24, 2.45) is 0 Å². The zero-order valence-electron chi connectivity index (χ0n) is 11.1. The Balaban J connectivity index is 2.49. The fourth-order valence-electron chi connectivity index (χ4n) is 1.42. The molecule has 0 heterocycles. The Bertz CT molecular complexity index is 431. The summed E-state index contributed by atoms with van der Waals surface area (Å²) in [4.78, 5) is 13.5. The van der Waals surface area contributed by atoms with E-state index in [0.717, 1.165) is 11.3 Å². The molecule has 0 aromatic heterocycles. The number of benzene rings is 1. The molecule has 0 radical (unpaired) electrons. The summed E-state index contributed by atoms with van der Waals surface area (Å²) in [5.74, 6) is 0.0612. The monoisotopic (exact) mass is 245 g/mol. The van der Waals surface area contributed by atoms with E-state index in [4.69, 9.17) is 5.26 Å². The van der Waals surface area contributed by atoms with E-state index in [0.29, 0.717) is 6.42 Å². The van der Waals surface area contributed by atoms with Crippen molar-refractivity contribution in [3.8, 4) is 6.07 Å². The van der Waals surface area contributed by atoms with Crippen molar-refractivity contribution in [1.82, 2.24) is 4.90 Å². The van der Waals surface area contributed by atoms with Gasteiger partial charge in [-0.3, -0.25) is 4.79 Å². The number of carbonyl (C=O) groups is 1. The van der Waals surface area contributed by atoms with Gasteiger partial charge in [0.1, 0.15) is 0 Å². The minimum Gasteiger partial charge on any atom is -0.376 e. The van der Waals surface area contributed by atoms with Crippen molar-refractivity contribution in [3.05, 3.63) is 29.8 Å². The first-order chi connectivity index (χ1) is 8.54. The van der Waals surface area contributed by atoms with Crippen molar-refractivity contribution in [2.45, 2.75) is 26.3 Å². The molecule has 1 aromatic rings. The first-order valence-corrected chi connectivity index (χ1v) is 6.00. The first-order valence-electron chi connectivity index (χ1n) is 6.00. The molecule has 0 aliphatic carbocycles. The van der Waals surface area contributed by atoms with E-state index in [-0.39, 0.29) is 18.5 Å². The Hall–Kier alpha value is -2.02. The fourth-order valence-corrected chi connectivity index (χ4v) is 1.42. The van der Waals surface area contributed by atoms with Crippen LogP contribution in [0.4, 0.5) is 5.69 Å². The standard InChI is InChI=1S/C14H19N3O/c1-11(2)17(3)14(18)10-16-13-6-4-12(5-7-13)8-9-15/h4-7,11,16H,8,10H2,1-3H3. The van der Waals surface area contributed by atoms with Gasteiger partial charge in [0.25, 0.3) is 0 Å². The van der Waals surface area contributed by atoms with E-state index >= 15 is 0 Å². The number of nitrogens with zero attached hydrogens (tertiary/aromatic N) is 2. The van der Waals surface area contributed by atoms with Crippen molar-refractivity contribution >= 4 is 11.6 Å². The molecule has 0 fully saturated rings. The van der Waals surface area contributed by atoms with Gasteiger partial charge in [-0.05, 0) is 31.5 Å². The zero-order chi connectivity index (χ0) is 13.5. The number of hydrogen-bond acceptors (Lipinski definition) is 3. The maximum Gasteiger partial charge on any atom is 0.241 e. The minimum atomic E-state index is 0.0612. The van der Waals surface area contributed by atoms with Crippen LogP contribution in [0.3, 0.4) is 0 Å². The number of nitrogens with one attached hydrogen (secondary N) is 1. The molecule has 0 saturated carbocycles. The number of hydrogen-bond donors (Lipinski definition) is 1. The van der Waals surface area contributed by atoms with Crippen LogP contribution in [-0.4, -0.2) is 30.4 Å². The topological polar surface area (TPSA) is 56.1 Å². The van der Waals surface area contributed by atoms with Gasteiger partial charge in [-0.25, -0.2) is 0 Å². The average Bonchev–Trinajstić information content (AvgIpc) is 2.37. The molecule has 4 heteroatoms. The van der Waals surface area contributed by atoms with Crippen molar-refractivity contribution in [3.63, 3.8) is 0 Å². The van der Waals surface area contributed by atoms with Crippen LogP contribution in [-0.2, 0) is 11.2 Å². The third kappa shape index (κ3) is 4.10. The molecule has 0 unspecified atom stereocenters. The molecule has 1 amide bonds. The predicted octanol–water partition coefficient (Wildman–Crippen LogP) is 2.03. The van der Waals surface area contributed by atoms with Gasteiger partial charge in [-0.2, -0.15) is 5.26 Å². The van der Waals surface area contributed by atoms with E-state index in [1.54, 1.807) is 11.9 Å². The number of nitriles is 1. The summed E-state index contributed by atoms with van der Waals surface area (Å²) in [6.07, 6.45) is 0.412. The quantitative estimate of drug-likeness (QED) is 0.863. The van der Waals surface area contributed by atoms with Crippen LogP contribution in [0.1, 0.15) is 19.4 Å². The predicted molar refractivity (Wildman–Crippen MR) is 72.2 cm³/mol. The largest absolute Gasteiger partial charge is 0.376 e. The molecular formula is C14H19N3O. The van der Waals surface area contributed by atoms with Crippen LogP contribution < -0.4 is 5.32 Å². The smallest absolute Gasteiger partial charge is 0.241 e. The highest BCUT2D eigenvalue weighted by molar-refractivity contribution is 5.80. The maximum atomic E-state index is 11.7. The second kappa shape index (κ2) is 6.65. The van der Waals surface area contributed by atoms with Crippen molar-refractivity contribution in [2.75, 3.05) is 18.9 Å². The molecule has 18 heavy (non-hydrogen) atoms. The Kier molecular flexibility index (Phi) is 5.19. The number of rotatable bonds is 5. The Morgan fingerprint density at radius 1 is 1.39 bits per heavy atom. The molecule has 0 spiro atoms. The van der Waals surface area contributed by atoms with Crippen LogP contribution in [0.2, 0.25) is 0 Å². The van der Waals surface area contributed by atoms with E-state index in [9.17, 15) is 4.79 Å². The van der Waals surface area contributed by atoms with Crippen LogP contribution in [0.15, 0.2) is 24.3 Å². The Morgan fingerprint density at radius 2 is 2.00 bits per heavy atom. The fraction of sp³-hybridized carbons (Fsp3) is 0.429. The lowest BCUT2D eigenvalue weighted by Crippen LogP contribution is -2.37. The van der Waals surface area contributed by atoms with Gasteiger partial charge < -0.3 is 10.2 Å². The lowest BCUT2D eigenvalue weighted by Gasteiger charge is -2.21. The van der Waals surface area contributed by atoms with E-state index in [1.807, 2.05) is 38.1 Å². The third-order valence-electron chi connectivity index (χ3n) is 2.85. The molecule has 0 saturated heterocycles. The SMILES string of the molecule is CC(C)N(C)C(=O)CNc1ccc(CC#N)cc1. The normalized spacial score (nSPS) is 9.94. The zero-order valence-corrected chi connectivity index (χ0v) is 11.1. The molecule has 1 rings (SSSR count). The molecule has 4 nitrogen and oxygen atoms in total. The summed E-state index contributed by atoms with van der Waals surface area (Å²) in [7, 11) is 1.80. The molecule has 1 aromatic carbocycles. The Morgan fingerprint density at radius 3 is 2.50 bits per heavy atom. The summed E-state index contributed by atoms with van der Waals surface area (Å²) in [6.45, 7) is 4.25. The highest BCUT2D eigenvalue weighted by atomic mass is 16.2. The van der Waals surface area contributed by atoms with Gasteiger partial charge in [0.2, 0.25) is 5.91 Å². The van der Waals surface area contributed by atoms with E-state index in [2.05, 4.69) is 11.4 Å². The molecule has 0 aliphatic rings. The Labute approximate surface area is 108 Å². The van der Waals surface area contributed by atoms with E-state index in [1.165, 1.54) is 0 Å². The van der Waals surface area contributed by atoms with Crippen LogP contribution in [0.25, 0.3) is 0 Å². The number of likely N-dealkylation sites (N-methyl/N-ethyl adjacent to an activating group) is 1. The van der Waals surface area contributed by atoms with Crippen LogP contribution in [0.5, 0.6) is 0 Å². The second-order valence-corrected chi connectivity index (χ2v) is 4.48. The molecule has 0 aliphatic heterocycles. The number of amides is 1. The van der Waals surface area contributed by atoms with Crippen molar-refractivity contribution in [1.29, 1.82) is 5.26 Å². The highest BCUT2D eigenvalue weighted by Crippen LogP contribution is 2.09. The van der Waals surface area contributed by atoms with E-state index < -0.39 is 0 Å². The van der Waals surface area contributed by atoms with Gasteiger partial charge in [0, 0.05) is 18.8 Å². The second-order valence-electron chi connectivity index (χ2n) is 4.48. The van der Waals surface area contributed by atoms with Gasteiger partial charge in [-0.1, -0.05) is 12.1 Å². The average molecular weight is 245 g/mol. The lowest BCUT2D eigenvalue weighted by atomic mass is 10.1. The third-order valence-corrected chi connectivity index (χ3v) is 2.85. The lowest BCUT2D eigenvalue weighted by molar-refractivity contribution is -0.129. The van der Waals surface area contributed by atoms with Gasteiger partial charge in [-0.15, -0.1) is 0 Å². The summed E-state index contributed by atoms with van der Waals surface area (Å²) in [6, 6.07) is 9.86. The molecular weight excluding hydrogens is 226 g/mol. The van der Waals surface area contributed by atoms with Crippen LogP contribution >= 0.6 is 0 Å². The number of carbonyl (C=O) groups excluding carboxylic acids is 1.